The van der Waals surface area contributed by atoms with Gasteiger partial charge in [-0.1, -0.05) is 56.6 Å². The van der Waals surface area contributed by atoms with E-state index in [9.17, 15) is 22.8 Å². The fourth-order valence-corrected chi connectivity index (χ4v) is 2.57. The average Bonchev–Trinajstić information content (AvgIpc) is 2.64. The third-order valence-corrected chi connectivity index (χ3v) is 4.43. The van der Waals surface area contributed by atoms with Gasteiger partial charge in [-0.05, 0) is 41.5 Å². The Kier molecular flexibility index (Phi) is 6.90. The predicted molar refractivity (Wildman–Crippen MR) is 108 cm³/mol. The molecule has 0 saturated carbocycles. The van der Waals surface area contributed by atoms with Gasteiger partial charge in [-0.3, -0.25) is 9.59 Å². The van der Waals surface area contributed by atoms with E-state index in [4.69, 9.17) is 11.6 Å². The van der Waals surface area contributed by atoms with Crippen molar-refractivity contribution in [2.75, 3.05) is 0 Å². The summed E-state index contributed by atoms with van der Waals surface area (Å²) in [7, 11) is 0. The van der Waals surface area contributed by atoms with E-state index in [1.54, 1.807) is 39.0 Å². The van der Waals surface area contributed by atoms with E-state index in [1.165, 1.54) is 24.3 Å². The molecule has 2 aromatic carbocycles. The number of allylic oxidation sites excluding steroid dienone is 1. The maximum atomic E-state index is 12.6. The van der Waals surface area contributed by atoms with Crippen LogP contribution in [0, 0.1) is 5.41 Å². The van der Waals surface area contributed by atoms with Gasteiger partial charge in [0.1, 0.15) is 0 Å². The number of carbonyl (C=O) groups excluding carboxylic acids is 2. The molecule has 0 bridgehead atoms. The Balaban J connectivity index is 2.12. The second-order valence-electron chi connectivity index (χ2n) is 7.56. The molecule has 1 N–H and O–H groups in total. The van der Waals surface area contributed by atoms with Crippen molar-refractivity contribution in [3.05, 3.63) is 75.8 Å². The molecule has 7 heteroatoms. The summed E-state index contributed by atoms with van der Waals surface area (Å²) in [5, 5.41) is 3.04. The zero-order valence-corrected chi connectivity index (χ0v) is 17.0. The third kappa shape index (κ3) is 6.46. The SMILES string of the molecule is CC(C)(C)C(=O)NCc1ccc(Cl)c(C(=O)/C=C/c2ccc(C(F)(F)F)cc2)c1. The molecule has 0 aromatic heterocycles. The van der Waals surface area contributed by atoms with Crippen LogP contribution in [0.25, 0.3) is 6.08 Å². The van der Waals surface area contributed by atoms with Crippen molar-refractivity contribution < 1.29 is 22.8 Å². The predicted octanol–water partition coefficient (Wildman–Crippen LogP) is 5.92. The van der Waals surface area contributed by atoms with Gasteiger partial charge in [-0.2, -0.15) is 13.2 Å². The van der Waals surface area contributed by atoms with Gasteiger partial charge in [0.05, 0.1) is 10.6 Å². The lowest BCUT2D eigenvalue weighted by molar-refractivity contribution is -0.137. The smallest absolute Gasteiger partial charge is 0.352 e. The van der Waals surface area contributed by atoms with E-state index < -0.39 is 17.2 Å². The zero-order valence-electron chi connectivity index (χ0n) is 16.2. The van der Waals surface area contributed by atoms with Crippen LogP contribution in [0.15, 0.2) is 48.5 Å². The number of amides is 1. The second-order valence-corrected chi connectivity index (χ2v) is 7.97. The van der Waals surface area contributed by atoms with Crippen LogP contribution in [-0.2, 0) is 17.5 Å². The van der Waals surface area contributed by atoms with Gasteiger partial charge in [-0.25, -0.2) is 0 Å². The molecular formula is C22H21ClF3NO2. The first-order valence-electron chi connectivity index (χ1n) is 8.84. The largest absolute Gasteiger partial charge is 0.416 e. The molecule has 2 rings (SSSR count). The number of nitrogens with one attached hydrogen (secondary N) is 1. The van der Waals surface area contributed by atoms with Gasteiger partial charge in [0.25, 0.3) is 0 Å². The molecule has 0 fully saturated rings. The molecule has 0 unspecified atom stereocenters. The van der Waals surface area contributed by atoms with Crippen molar-refractivity contribution in [3.8, 4) is 0 Å². The van der Waals surface area contributed by atoms with E-state index in [-0.39, 0.29) is 28.8 Å². The summed E-state index contributed by atoms with van der Waals surface area (Å²) in [4.78, 5) is 24.5. The highest BCUT2D eigenvalue weighted by atomic mass is 35.5. The summed E-state index contributed by atoms with van der Waals surface area (Å²) in [6, 6.07) is 9.34. The Labute approximate surface area is 172 Å². The highest BCUT2D eigenvalue weighted by Gasteiger charge is 2.29. The monoisotopic (exact) mass is 423 g/mol. The molecule has 1 amide bonds. The van der Waals surface area contributed by atoms with Crippen molar-refractivity contribution in [3.63, 3.8) is 0 Å². The van der Waals surface area contributed by atoms with E-state index in [0.29, 0.717) is 11.1 Å². The normalized spacial score (nSPS) is 12.2. The van der Waals surface area contributed by atoms with E-state index in [1.807, 2.05) is 0 Å². The lowest BCUT2D eigenvalue weighted by Gasteiger charge is -2.17. The average molecular weight is 424 g/mol. The summed E-state index contributed by atoms with van der Waals surface area (Å²) in [6.07, 6.45) is -1.73. The maximum absolute atomic E-state index is 12.6. The first kappa shape index (κ1) is 22.7. The first-order chi connectivity index (χ1) is 13.4. The van der Waals surface area contributed by atoms with E-state index in [0.717, 1.165) is 12.1 Å². The number of benzene rings is 2. The molecule has 0 atom stereocenters. The van der Waals surface area contributed by atoms with Crippen molar-refractivity contribution in [1.82, 2.24) is 5.32 Å². The van der Waals surface area contributed by atoms with Crippen molar-refractivity contribution >= 4 is 29.4 Å². The second kappa shape index (κ2) is 8.82. The van der Waals surface area contributed by atoms with Crippen LogP contribution >= 0.6 is 11.6 Å². The van der Waals surface area contributed by atoms with Crippen LogP contribution in [0.3, 0.4) is 0 Å². The molecule has 2 aromatic rings. The Morgan fingerprint density at radius 1 is 1.03 bits per heavy atom. The molecule has 0 aliphatic heterocycles. The third-order valence-electron chi connectivity index (χ3n) is 4.10. The summed E-state index contributed by atoms with van der Waals surface area (Å²) < 4.78 is 37.8. The molecule has 0 aliphatic carbocycles. The first-order valence-corrected chi connectivity index (χ1v) is 9.22. The zero-order chi connectivity index (χ0) is 21.8. The van der Waals surface area contributed by atoms with Crippen LogP contribution in [0.4, 0.5) is 13.2 Å². The van der Waals surface area contributed by atoms with Crippen molar-refractivity contribution in [1.29, 1.82) is 0 Å². The minimum Gasteiger partial charge on any atom is -0.352 e. The standard InChI is InChI=1S/C22H21ClF3NO2/c1-21(2,3)20(29)27-13-15-6-10-18(23)17(12-15)19(28)11-7-14-4-8-16(9-5-14)22(24,25)26/h4-12H,13H2,1-3H3,(H,27,29)/b11-7+. The van der Waals surface area contributed by atoms with Gasteiger partial charge in [0, 0.05) is 17.5 Å². The molecular weight excluding hydrogens is 403 g/mol. The van der Waals surface area contributed by atoms with Gasteiger partial charge in [0.2, 0.25) is 5.91 Å². The lowest BCUT2D eigenvalue weighted by atomic mass is 9.95. The lowest BCUT2D eigenvalue weighted by Crippen LogP contribution is -2.34. The molecule has 29 heavy (non-hydrogen) atoms. The minimum absolute atomic E-state index is 0.123. The Morgan fingerprint density at radius 3 is 2.21 bits per heavy atom. The number of hydrogen-bond acceptors (Lipinski definition) is 2. The van der Waals surface area contributed by atoms with Crippen LogP contribution < -0.4 is 5.32 Å². The van der Waals surface area contributed by atoms with E-state index in [2.05, 4.69) is 5.32 Å². The highest BCUT2D eigenvalue weighted by molar-refractivity contribution is 6.34. The Bertz CT molecular complexity index is 927. The van der Waals surface area contributed by atoms with Crippen molar-refractivity contribution in [2.24, 2.45) is 5.41 Å². The summed E-state index contributed by atoms with van der Waals surface area (Å²) in [5.74, 6) is -0.513. The summed E-state index contributed by atoms with van der Waals surface area (Å²) in [6.45, 7) is 5.64. The van der Waals surface area contributed by atoms with Gasteiger partial charge >= 0.3 is 6.18 Å². The van der Waals surface area contributed by atoms with Gasteiger partial charge in [0.15, 0.2) is 5.78 Å². The van der Waals surface area contributed by atoms with Crippen LogP contribution in [0.5, 0.6) is 0 Å². The minimum atomic E-state index is -4.41. The molecule has 0 aliphatic rings. The number of ketones is 1. The molecule has 0 spiro atoms. The molecule has 0 saturated heterocycles. The topological polar surface area (TPSA) is 46.2 Å². The summed E-state index contributed by atoms with van der Waals surface area (Å²) in [5.41, 5.74) is 0.121. The number of alkyl halides is 3. The Morgan fingerprint density at radius 2 is 1.66 bits per heavy atom. The van der Waals surface area contributed by atoms with Crippen molar-refractivity contribution in [2.45, 2.75) is 33.5 Å². The highest BCUT2D eigenvalue weighted by Crippen LogP contribution is 2.29. The number of carbonyl (C=O) groups is 2. The molecule has 0 heterocycles. The molecule has 0 radical (unpaired) electrons. The van der Waals surface area contributed by atoms with Crippen LogP contribution in [0.1, 0.15) is 47.8 Å². The molecule has 3 nitrogen and oxygen atoms in total. The fraction of sp³-hybridized carbons (Fsp3) is 0.273. The fourth-order valence-electron chi connectivity index (χ4n) is 2.36. The van der Waals surface area contributed by atoms with Gasteiger partial charge < -0.3 is 5.32 Å². The Hall–Kier alpha value is -2.60. The van der Waals surface area contributed by atoms with Crippen LogP contribution in [0.2, 0.25) is 5.02 Å². The number of hydrogen-bond donors (Lipinski definition) is 1. The van der Waals surface area contributed by atoms with Gasteiger partial charge in [-0.15, -0.1) is 0 Å². The number of halogens is 4. The summed E-state index contributed by atoms with van der Waals surface area (Å²) >= 11 is 6.11. The van der Waals surface area contributed by atoms with Crippen LogP contribution in [-0.4, -0.2) is 11.7 Å². The molecule has 154 valence electrons. The quantitative estimate of drug-likeness (QED) is 0.479. The maximum Gasteiger partial charge on any atom is 0.416 e. The number of rotatable bonds is 5. The van der Waals surface area contributed by atoms with E-state index >= 15 is 0 Å².